The van der Waals surface area contributed by atoms with Crippen molar-refractivity contribution in [3.05, 3.63) is 156 Å². The first kappa shape index (κ1) is 32.6. The van der Waals surface area contributed by atoms with Crippen LogP contribution in [0.25, 0.3) is 5.57 Å². The van der Waals surface area contributed by atoms with Gasteiger partial charge in [-0.3, -0.25) is 10.4 Å². The maximum absolute atomic E-state index is 9.13. The van der Waals surface area contributed by atoms with Gasteiger partial charge in [0.05, 0.1) is 11.4 Å². The Bertz CT molecular complexity index is 1460. The third-order valence-corrected chi connectivity index (χ3v) is 6.32. The van der Waals surface area contributed by atoms with Crippen molar-refractivity contribution in [3.8, 4) is 0 Å². The van der Waals surface area contributed by atoms with Gasteiger partial charge in [-0.25, -0.2) is 0 Å². The molecule has 0 radical (unpaired) electrons. The van der Waals surface area contributed by atoms with Gasteiger partial charge in [-0.15, -0.1) is 0 Å². The zero-order valence-electron chi connectivity index (χ0n) is 25.5. The minimum Gasteiger partial charge on any atom is -0.398 e. The highest BCUT2D eigenvalue weighted by Gasteiger charge is 2.18. The third-order valence-electron chi connectivity index (χ3n) is 6.32. The van der Waals surface area contributed by atoms with E-state index in [1.54, 1.807) is 24.4 Å². The lowest BCUT2D eigenvalue weighted by atomic mass is 9.91. The van der Waals surface area contributed by atoms with Crippen LogP contribution in [0.1, 0.15) is 63.6 Å². The zero-order valence-corrected chi connectivity index (χ0v) is 25.5. The van der Waals surface area contributed by atoms with E-state index in [1.165, 1.54) is 0 Å². The van der Waals surface area contributed by atoms with Gasteiger partial charge in [-0.1, -0.05) is 77.5 Å². The van der Waals surface area contributed by atoms with E-state index in [9.17, 15) is 0 Å². The van der Waals surface area contributed by atoms with Crippen molar-refractivity contribution in [1.82, 2.24) is 15.3 Å². The predicted octanol–water partition coefficient (Wildman–Crippen LogP) is 8.60. The molecule has 0 unspecified atom stereocenters. The Balaban J connectivity index is 2.47. The first-order valence-electron chi connectivity index (χ1n) is 13.7. The third kappa shape index (κ3) is 9.21. The summed E-state index contributed by atoms with van der Waals surface area (Å²) in [5.41, 5.74) is 15.6. The van der Waals surface area contributed by atoms with Crippen LogP contribution >= 0.6 is 0 Å². The molecule has 2 heterocycles. The molecule has 0 saturated carbocycles. The van der Waals surface area contributed by atoms with Gasteiger partial charge in [0.15, 0.2) is 0 Å². The van der Waals surface area contributed by atoms with Crippen molar-refractivity contribution in [2.45, 2.75) is 48.0 Å². The molecule has 214 valence electrons. The van der Waals surface area contributed by atoms with Crippen molar-refractivity contribution in [3.63, 3.8) is 0 Å². The topological polar surface area (TPSA) is 90.6 Å². The summed E-state index contributed by atoms with van der Waals surface area (Å²) in [6.07, 6.45) is 17.4. The average Bonchev–Trinajstić information content (AvgIpc) is 3.32. The fraction of sp³-hybridized carbons (Fsp3) is 0.222. The number of H-pyrrole nitrogens is 1. The van der Waals surface area contributed by atoms with E-state index in [0.29, 0.717) is 22.5 Å². The largest absolute Gasteiger partial charge is 0.398 e. The Labute approximate surface area is 246 Å². The van der Waals surface area contributed by atoms with Crippen LogP contribution in [-0.2, 0) is 0 Å². The first-order chi connectivity index (χ1) is 19.3. The Morgan fingerprint density at radius 2 is 1.85 bits per heavy atom. The number of aromatic amines is 1. The zero-order chi connectivity index (χ0) is 30.7. The Morgan fingerprint density at radius 1 is 1.15 bits per heavy atom. The molecule has 0 fully saturated rings. The maximum atomic E-state index is 9.13. The van der Waals surface area contributed by atoms with Gasteiger partial charge in [-0.2, -0.15) is 0 Å². The molecule has 5 nitrogen and oxygen atoms in total. The van der Waals surface area contributed by atoms with Crippen molar-refractivity contribution in [2.75, 3.05) is 0 Å². The minimum atomic E-state index is 0.113. The van der Waals surface area contributed by atoms with Crippen LogP contribution < -0.4 is 11.1 Å². The molecule has 41 heavy (non-hydrogen) atoms. The molecule has 0 atom stereocenters. The van der Waals surface area contributed by atoms with E-state index in [1.807, 2.05) is 69.5 Å². The highest BCUT2D eigenvalue weighted by atomic mass is 14.9. The lowest BCUT2D eigenvalue weighted by molar-refractivity contribution is 0.403. The van der Waals surface area contributed by atoms with Crippen LogP contribution in [0, 0.1) is 17.7 Å². The van der Waals surface area contributed by atoms with E-state index in [2.05, 4.69) is 62.4 Å². The van der Waals surface area contributed by atoms with Gasteiger partial charge in [0.25, 0.3) is 0 Å². The van der Waals surface area contributed by atoms with Gasteiger partial charge >= 0.3 is 0 Å². The second kappa shape index (κ2) is 14.7. The van der Waals surface area contributed by atoms with E-state index < -0.39 is 0 Å². The lowest BCUT2D eigenvalue weighted by Gasteiger charge is -2.21. The van der Waals surface area contributed by atoms with Crippen molar-refractivity contribution < 1.29 is 0 Å². The number of aryl methyl sites for hydroxylation is 1. The fourth-order valence-corrected chi connectivity index (χ4v) is 4.38. The molecule has 0 aliphatic rings. The van der Waals surface area contributed by atoms with Crippen molar-refractivity contribution in [1.29, 1.82) is 5.41 Å². The number of rotatable bonds is 13. The smallest absolute Gasteiger partial charge is 0.0867 e. The second-order valence-electron chi connectivity index (χ2n) is 11.0. The molecule has 5 N–H and O–H groups in total. The molecular weight excluding hydrogens is 502 g/mol. The highest BCUT2D eigenvalue weighted by Crippen LogP contribution is 2.29. The number of pyridine rings is 1. The maximum Gasteiger partial charge on any atom is 0.0867 e. The molecule has 2 rings (SSSR count). The minimum absolute atomic E-state index is 0.113. The van der Waals surface area contributed by atoms with Gasteiger partial charge in [0, 0.05) is 51.9 Å². The van der Waals surface area contributed by atoms with Crippen LogP contribution in [0.2, 0.25) is 0 Å². The van der Waals surface area contributed by atoms with E-state index >= 15 is 0 Å². The number of nitrogens with two attached hydrogens (primary N) is 1. The molecular formula is C36H45N5. The summed E-state index contributed by atoms with van der Waals surface area (Å²) >= 11 is 0. The summed E-state index contributed by atoms with van der Waals surface area (Å²) in [4.78, 5) is 7.64. The highest BCUT2D eigenvalue weighted by molar-refractivity contribution is 6.13. The van der Waals surface area contributed by atoms with Crippen LogP contribution in [0.15, 0.2) is 133 Å². The molecule has 0 aliphatic heterocycles. The molecule has 5 heteroatoms. The van der Waals surface area contributed by atoms with Gasteiger partial charge < -0.3 is 16.0 Å². The van der Waals surface area contributed by atoms with E-state index in [4.69, 9.17) is 11.1 Å². The van der Waals surface area contributed by atoms with Gasteiger partial charge in [0.2, 0.25) is 0 Å². The predicted molar refractivity (Wildman–Crippen MR) is 177 cm³/mol. The molecule has 0 bridgehead atoms. The average molecular weight is 548 g/mol. The molecule has 0 aromatic carbocycles. The van der Waals surface area contributed by atoms with Gasteiger partial charge in [-0.05, 0) is 79.7 Å². The second-order valence-corrected chi connectivity index (χ2v) is 11.0. The van der Waals surface area contributed by atoms with Crippen LogP contribution in [0.5, 0.6) is 0 Å². The SMILES string of the molecule is C=C/C=C(/c1cccnc1)c1cc(C(=N)C(=C/C(=C)C(/C=C(\C=C)NC(=C)CC(C)(C)C)=C/C)/C(N)=C\C)[nH]c1C. The van der Waals surface area contributed by atoms with E-state index in [0.717, 1.165) is 45.8 Å². The Hall–Kier alpha value is -4.64. The molecule has 0 spiro atoms. The quantitative estimate of drug-likeness (QED) is 0.149. The standard InChI is InChI=1S/C36H45N5/c1-11-16-30(28-17-15-18-39-23-28)31-21-34(41-26(31)7)35(38)32(33(37)14-4)19-24(5)27(12-2)20-29(13-3)40-25(6)22-36(8,9)10/h11-21,23,38,40-41H,1,3,5-6,22,37H2,2,4,7-10H3/b27-12+,29-20+,30-16-,32-19+,33-14+,38-35?. The molecule has 0 saturated heterocycles. The molecule has 2 aromatic heterocycles. The lowest BCUT2D eigenvalue weighted by Crippen LogP contribution is -2.17. The number of hydrogen-bond acceptors (Lipinski definition) is 4. The fourth-order valence-electron chi connectivity index (χ4n) is 4.38. The van der Waals surface area contributed by atoms with Crippen LogP contribution in [-0.4, -0.2) is 15.7 Å². The Morgan fingerprint density at radius 3 is 2.39 bits per heavy atom. The van der Waals surface area contributed by atoms with Gasteiger partial charge in [0.1, 0.15) is 0 Å². The summed E-state index contributed by atoms with van der Waals surface area (Å²) in [6.45, 7) is 28.6. The summed E-state index contributed by atoms with van der Waals surface area (Å²) in [6, 6.07) is 5.87. The van der Waals surface area contributed by atoms with Crippen molar-refractivity contribution in [2.24, 2.45) is 11.1 Å². The molecule has 2 aromatic rings. The summed E-state index contributed by atoms with van der Waals surface area (Å²) in [5, 5.41) is 12.5. The van der Waals surface area contributed by atoms with Crippen LogP contribution in [0.3, 0.4) is 0 Å². The monoisotopic (exact) mass is 547 g/mol. The molecule has 0 amide bonds. The summed E-state index contributed by atoms with van der Waals surface area (Å²) in [7, 11) is 0. The first-order valence-corrected chi connectivity index (χ1v) is 13.7. The Kier molecular flexibility index (Phi) is 11.6. The normalized spacial score (nSPS) is 13.6. The number of nitrogens with one attached hydrogen (secondary N) is 3. The summed E-state index contributed by atoms with van der Waals surface area (Å²) < 4.78 is 0. The van der Waals surface area contributed by atoms with E-state index in [-0.39, 0.29) is 11.1 Å². The number of allylic oxidation sites excluding steroid dienone is 11. The summed E-state index contributed by atoms with van der Waals surface area (Å²) in [5.74, 6) is 0. The van der Waals surface area contributed by atoms with Crippen molar-refractivity contribution >= 4 is 11.3 Å². The number of hydrogen-bond donors (Lipinski definition) is 4. The number of nitrogens with zero attached hydrogens (tertiary/aromatic N) is 1. The molecule has 0 aliphatic carbocycles. The number of aromatic nitrogens is 2. The van der Waals surface area contributed by atoms with Crippen LogP contribution in [0.4, 0.5) is 0 Å².